The average molecular weight is 378 g/mol. The lowest BCUT2D eigenvalue weighted by Crippen LogP contribution is -2.01. The van der Waals surface area contributed by atoms with E-state index in [0.717, 1.165) is 9.35 Å². The topological polar surface area (TPSA) is 64.4 Å². The zero-order valence-corrected chi connectivity index (χ0v) is 13.5. The standard InChI is InChI=1S/C12H10BrClN2O3S/c1-19-11-3-2-7(16(17)18)4-10(11)15-6-8-5-9(13)12(14)20-8/h2-5,15H,6H2,1H3. The highest BCUT2D eigenvalue weighted by Gasteiger charge is 2.12. The van der Waals surface area contributed by atoms with Gasteiger partial charge in [-0.25, -0.2) is 0 Å². The van der Waals surface area contributed by atoms with Crippen molar-refractivity contribution in [2.24, 2.45) is 0 Å². The first-order valence-electron chi connectivity index (χ1n) is 5.51. The van der Waals surface area contributed by atoms with Gasteiger partial charge in [-0.15, -0.1) is 11.3 Å². The van der Waals surface area contributed by atoms with Gasteiger partial charge in [0.15, 0.2) is 0 Å². The van der Waals surface area contributed by atoms with Crippen LogP contribution in [0, 0.1) is 10.1 Å². The minimum Gasteiger partial charge on any atom is -0.495 e. The fourth-order valence-corrected chi connectivity index (χ4v) is 3.34. The van der Waals surface area contributed by atoms with E-state index in [9.17, 15) is 10.1 Å². The van der Waals surface area contributed by atoms with Gasteiger partial charge in [0.1, 0.15) is 10.1 Å². The molecule has 0 aliphatic carbocycles. The van der Waals surface area contributed by atoms with E-state index in [1.807, 2.05) is 6.07 Å². The molecule has 5 nitrogen and oxygen atoms in total. The molecule has 0 saturated heterocycles. The second-order valence-electron chi connectivity index (χ2n) is 3.83. The van der Waals surface area contributed by atoms with Gasteiger partial charge in [-0.05, 0) is 28.1 Å². The molecule has 0 unspecified atom stereocenters. The number of benzene rings is 1. The third-order valence-electron chi connectivity index (χ3n) is 2.54. The molecule has 1 N–H and O–H groups in total. The Bertz CT molecular complexity index is 628. The maximum Gasteiger partial charge on any atom is 0.271 e. The summed E-state index contributed by atoms with van der Waals surface area (Å²) in [5.74, 6) is 0.553. The van der Waals surface area contributed by atoms with Crippen molar-refractivity contribution in [1.82, 2.24) is 0 Å². The summed E-state index contributed by atoms with van der Waals surface area (Å²) < 4.78 is 6.69. The first kappa shape index (κ1) is 15.1. The highest BCUT2D eigenvalue weighted by molar-refractivity contribution is 9.10. The van der Waals surface area contributed by atoms with Crippen LogP contribution in [0.2, 0.25) is 4.34 Å². The van der Waals surface area contributed by atoms with Crippen LogP contribution in [0.15, 0.2) is 28.7 Å². The van der Waals surface area contributed by atoms with E-state index in [1.54, 1.807) is 6.07 Å². The zero-order chi connectivity index (χ0) is 14.7. The van der Waals surface area contributed by atoms with Crippen molar-refractivity contribution in [2.75, 3.05) is 12.4 Å². The van der Waals surface area contributed by atoms with Crippen molar-refractivity contribution in [1.29, 1.82) is 0 Å². The Kier molecular flexibility index (Phi) is 4.85. The van der Waals surface area contributed by atoms with Crippen LogP contribution in [0.25, 0.3) is 0 Å². The molecule has 0 saturated carbocycles. The number of nitro groups is 1. The molecule has 0 aliphatic heterocycles. The van der Waals surface area contributed by atoms with Crippen molar-refractivity contribution < 1.29 is 9.66 Å². The minimum atomic E-state index is -0.441. The van der Waals surface area contributed by atoms with E-state index >= 15 is 0 Å². The van der Waals surface area contributed by atoms with E-state index in [4.69, 9.17) is 16.3 Å². The molecule has 2 aromatic rings. The summed E-state index contributed by atoms with van der Waals surface area (Å²) in [4.78, 5) is 11.4. The highest BCUT2D eigenvalue weighted by atomic mass is 79.9. The van der Waals surface area contributed by atoms with Gasteiger partial charge in [0.2, 0.25) is 0 Å². The van der Waals surface area contributed by atoms with Crippen molar-refractivity contribution in [3.05, 3.63) is 48.1 Å². The van der Waals surface area contributed by atoms with Gasteiger partial charge >= 0.3 is 0 Å². The Morgan fingerprint density at radius 2 is 2.25 bits per heavy atom. The van der Waals surface area contributed by atoms with Crippen LogP contribution < -0.4 is 10.1 Å². The Balaban J connectivity index is 2.18. The largest absolute Gasteiger partial charge is 0.495 e. The first-order valence-corrected chi connectivity index (χ1v) is 7.50. The van der Waals surface area contributed by atoms with Gasteiger partial charge in [0.05, 0.1) is 17.7 Å². The quantitative estimate of drug-likeness (QED) is 0.606. The number of thiophene rings is 1. The summed E-state index contributed by atoms with van der Waals surface area (Å²) in [6, 6.07) is 6.33. The number of methoxy groups -OCH3 is 1. The Morgan fingerprint density at radius 3 is 2.80 bits per heavy atom. The van der Waals surface area contributed by atoms with Gasteiger partial charge in [-0.3, -0.25) is 10.1 Å². The fourth-order valence-electron chi connectivity index (χ4n) is 1.61. The zero-order valence-electron chi connectivity index (χ0n) is 10.4. The molecule has 0 fully saturated rings. The molecule has 0 spiro atoms. The number of nitrogens with one attached hydrogen (secondary N) is 1. The Hall–Kier alpha value is -1.31. The molecule has 2 rings (SSSR count). The number of nitro benzene ring substituents is 1. The molecule has 0 amide bonds. The number of halogens is 2. The average Bonchev–Trinajstić information content (AvgIpc) is 2.75. The summed E-state index contributed by atoms with van der Waals surface area (Å²) in [5.41, 5.74) is 0.584. The van der Waals surface area contributed by atoms with E-state index in [-0.39, 0.29) is 5.69 Å². The molecule has 1 aromatic heterocycles. The number of nitrogens with zero attached hydrogens (tertiary/aromatic N) is 1. The first-order chi connectivity index (χ1) is 9.51. The highest BCUT2D eigenvalue weighted by Crippen LogP contribution is 2.34. The lowest BCUT2D eigenvalue weighted by Gasteiger charge is -2.10. The molecule has 106 valence electrons. The van der Waals surface area contributed by atoms with Crippen LogP contribution in [-0.4, -0.2) is 12.0 Å². The predicted octanol–water partition coefficient (Wildman–Crippen LogP) is 4.69. The molecule has 8 heteroatoms. The van der Waals surface area contributed by atoms with E-state index in [2.05, 4.69) is 21.2 Å². The number of hydrogen-bond acceptors (Lipinski definition) is 5. The lowest BCUT2D eigenvalue weighted by atomic mass is 10.2. The van der Waals surface area contributed by atoms with Crippen LogP contribution in [0.4, 0.5) is 11.4 Å². The number of anilines is 1. The van der Waals surface area contributed by atoms with E-state index < -0.39 is 4.92 Å². The molecule has 0 bridgehead atoms. The predicted molar refractivity (Wildman–Crippen MR) is 84.0 cm³/mol. The van der Waals surface area contributed by atoms with Gasteiger partial charge in [-0.2, -0.15) is 0 Å². The van der Waals surface area contributed by atoms with Crippen LogP contribution >= 0.6 is 38.9 Å². The molecule has 0 aliphatic rings. The second kappa shape index (κ2) is 6.43. The van der Waals surface area contributed by atoms with Crippen molar-refractivity contribution in [2.45, 2.75) is 6.54 Å². The summed E-state index contributed by atoms with van der Waals surface area (Å²) in [5, 5.41) is 13.9. The molecule has 0 radical (unpaired) electrons. The van der Waals surface area contributed by atoms with Crippen LogP contribution in [0.1, 0.15) is 4.88 Å². The number of hydrogen-bond donors (Lipinski definition) is 1. The molecular weight excluding hydrogens is 368 g/mol. The van der Waals surface area contributed by atoms with Gasteiger partial charge in [0.25, 0.3) is 5.69 Å². The summed E-state index contributed by atoms with van der Waals surface area (Å²) in [7, 11) is 1.52. The smallest absolute Gasteiger partial charge is 0.271 e. The number of ether oxygens (including phenoxy) is 1. The number of non-ortho nitro benzene ring substituents is 1. The van der Waals surface area contributed by atoms with Crippen LogP contribution in [-0.2, 0) is 6.54 Å². The van der Waals surface area contributed by atoms with Gasteiger partial charge < -0.3 is 10.1 Å². The summed E-state index contributed by atoms with van der Waals surface area (Å²) >= 11 is 10.7. The summed E-state index contributed by atoms with van der Waals surface area (Å²) in [6.45, 7) is 0.507. The normalized spacial score (nSPS) is 10.3. The molecule has 1 heterocycles. The van der Waals surface area contributed by atoms with E-state index in [0.29, 0.717) is 22.3 Å². The second-order valence-corrected chi connectivity index (χ2v) is 6.42. The number of rotatable bonds is 5. The molecular formula is C12H10BrClN2O3S. The fraction of sp³-hybridized carbons (Fsp3) is 0.167. The third-order valence-corrected chi connectivity index (χ3v) is 5.02. The third kappa shape index (κ3) is 3.41. The SMILES string of the molecule is COc1ccc([N+](=O)[O-])cc1NCc1cc(Br)c(Cl)s1. The lowest BCUT2D eigenvalue weighted by molar-refractivity contribution is -0.384. The van der Waals surface area contributed by atoms with Crippen molar-refractivity contribution >= 4 is 50.2 Å². The minimum absolute atomic E-state index is 0.0127. The molecule has 20 heavy (non-hydrogen) atoms. The van der Waals surface area contributed by atoms with Crippen molar-refractivity contribution in [3.63, 3.8) is 0 Å². The monoisotopic (exact) mass is 376 g/mol. The Labute approximate surface area is 132 Å². The van der Waals surface area contributed by atoms with Gasteiger partial charge in [-0.1, -0.05) is 11.6 Å². The molecule has 1 aromatic carbocycles. The van der Waals surface area contributed by atoms with E-state index in [1.165, 1.54) is 30.6 Å². The van der Waals surface area contributed by atoms with Gasteiger partial charge in [0, 0.05) is 28.0 Å². The Morgan fingerprint density at radius 1 is 1.50 bits per heavy atom. The van der Waals surface area contributed by atoms with Crippen molar-refractivity contribution in [3.8, 4) is 5.75 Å². The van der Waals surface area contributed by atoms with Crippen LogP contribution in [0.3, 0.4) is 0 Å². The van der Waals surface area contributed by atoms with Crippen LogP contribution in [0.5, 0.6) is 5.75 Å². The maximum absolute atomic E-state index is 10.8. The maximum atomic E-state index is 10.8. The molecule has 0 atom stereocenters. The summed E-state index contributed by atoms with van der Waals surface area (Å²) in [6.07, 6.45) is 0.